The molecule has 0 atom stereocenters. The van der Waals surface area contributed by atoms with Gasteiger partial charge in [0.15, 0.2) is 0 Å². The summed E-state index contributed by atoms with van der Waals surface area (Å²) in [6.07, 6.45) is -3.90. The molecule has 0 amide bonds. The number of rotatable bonds is 2. The zero-order valence-corrected chi connectivity index (χ0v) is 11.8. The van der Waals surface area contributed by atoms with Gasteiger partial charge in [-0.2, -0.15) is 13.2 Å². The Balaban J connectivity index is 2.32. The van der Waals surface area contributed by atoms with E-state index < -0.39 is 33.6 Å². The number of aromatic nitrogens is 2. The van der Waals surface area contributed by atoms with Crippen molar-refractivity contribution in [3.8, 4) is 5.69 Å². The van der Waals surface area contributed by atoms with E-state index in [2.05, 4.69) is 4.98 Å². The first-order chi connectivity index (χ1) is 11.3. The van der Waals surface area contributed by atoms with Gasteiger partial charge in [0.1, 0.15) is 6.33 Å². The van der Waals surface area contributed by atoms with Crippen molar-refractivity contribution in [2.75, 3.05) is 0 Å². The Bertz CT molecular complexity index is 1010. The van der Waals surface area contributed by atoms with E-state index in [1.54, 1.807) is 18.2 Å². The highest BCUT2D eigenvalue weighted by molar-refractivity contribution is 5.77. The maximum absolute atomic E-state index is 13.3. The van der Waals surface area contributed by atoms with Crippen LogP contribution in [0.4, 0.5) is 18.9 Å². The molecular formula is C15H8F3N3O3. The molecule has 0 spiro atoms. The summed E-state index contributed by atoms with van der Waals surface area (Å²) >= 11 is 0. The average molecular weight is 335 g/mol. The lowest BCUT2D eigenvalue weighted by Gasteiger charge is -2.14. The summed E-state index contributed by atoms with van der Waals surface area (Å²) in [6, 6.07) is 8.41. The standard InChI is InChI=1S/C15H8F3N3O3/c16-15(17,18)11-7-9(21(23)24)5-6-13(11)20-8-19-12-4-2-1-3-10(12)14(20)22/h1-8H. The SMILES string of the molecule is O=c1c2ccccc2ncn1-c1ccc([N+](=O)[O-])cc1C(F)(F)F. The van der Waals surface area contributed by atoms with E-state index in [9.17, 15) is 28.1 Å². The van der Waals surface area contributed by atoms with E-state index in [1.807, 2.05) is 0 Å². The predicted octanol–water partition coefficient (Wildman–Crippen LogP) is 3.31. The van der Waals surface area contributed by atoms with Crippen LogP contribution < -0.4 is 5.56 Å². The maximum atomic E-state index is 13.3. The molecule has 3 rings (SSSR count). The molecule has 0 saturated carbocycles. The molecule has 0 aliphatic heterocycles. The molecule has 1 aromatic heterocycles. The van der Waals surface area contributed by atoms with Crippen LogP contribution in [0.2, 0.25) is 0 Å². The van der Waals surface area contributed by atoms with Gasteiger partial charge >= 0.3 is 6.18 Å². The van der Waals surface area contributed by atoms with Crippen LogP contribution in [0.25, 0.3) is 16.6 Å². The van der Waals surface area contributed by atoms with E-state index >= 15 is 0 Å². The van der Waals surface area contributed by atoms with Crippen LogP contribution >= 0.6 is 0 Å². The Morgan fingerprint density at radius 1 is 1.12 bits per heavy atom. The van der Waals surface area contributed by atoms with Crippen LogP contribution in [0.1, 0.15) is 5.56 Å². The van der Waals surface area contributed by atoms with Gasteiger partial charge in [-0.25, -0.2) is 4.98 Å². The molecule has 0 radical (unpaired) electrons. The number of halogens is 3. The Morgan fingerprint density at radius 2 is 1.83 bits per heavy atom. The molecule has 0 bridgehead atoms. The topological polar surface area (TPSA) is 78.0 Å². The van der Waals surface area contributed by atoms with Gasteiger partial charge in [-0.1, -0.05) is 12.1 Å². The first-order valence-electron chi connectivity index (χ1n) is 6.61. The molecule has 0 unspecified atom stereocenters. The normalized spacial score (nSPS) is 11.6. The average Bonchev–Trinajstić information content (AvgIpc) is 2.54. The first kappa shape index (κ1) is 15.7. The fourth-order valence-corrected chi connectivity index (χ4v) is 2.32. The quantitative estimate of drug-likeness (QED) is 0.532. The van der Waals surface area contributed by atoms with Crippen LogP contribution in [-0.4, -0.2) is 14.5 Å². The van der Waals surface area contributed by atoms with Gasteiger partial charge in [-0.15, -0.1) is 0 Å². The van der Waals surface area contributed by atoms with E-state index in [4.69, 9.17) is 0 Å². The molecule has 2 aromatic carbocycles. The molecule has 0 fully saturated rings. The summed E-state index contributed by atoms with van der Waals surface area (Å²) in [5.74, 6) is 0. The highest BCUT2D eigenvalue weighted by atomic mass is 19.4. The summed E-state index contributed by atoms with van der Waals surface area (Å²) < 4.78 is 40.5. The van der Waals surface area contributed by atoms with Crippen LogP contribution in [0.3, 0.4) is 0 Å². The number of para-hydroxylation sites is 1. The molecule has 0 saturated heterocycles. The van der Waals surface area contributed by atoms with Gasteiger partial charge in [0, 0.05) is 12.1 Å². The van der Waals surface area contributed by atoms with Crippen molar-refractivity contribution in [1.29, 1.82) is 0 Å². The lowest BCUT2D eigenvalue weighted by atomic mass is 10.1. The van der Waals surface area contributed by atoms with Crippen LogP contribution in [0.15, 0.2) is 53.6 Å². The van der Waals surface area contributed by atoms with Crippen molar-refractivity contribution < 1.29 is 18.1 Å². The number of non-ortho nitro benzene ring substituents is 1. The minimum absolute atomic E-state index is 0.145. The summed E-state index contributed by atoms with van der Waals surface area (Å²) in [6.45, 7) is 0. The smallest absolute Gasteiger partial charge is 0.268 e. The monoisotopic (exact) mass is 335 g/mol. The molecule has 0 aliphatic rings. The van der Waals surface area contributed by atoms with Crippen molar-refractivity contribution >= 4 is 16.6 Å². The number of benzene rings is 2. The Hall–Kier alpha value is -3.23. The number of hydrogen-bond donors (Lipinski definition) is 0. The van der Waals surface area contributed by atoms with E-state index in [0.717, 1.165) is 23.0 Å². The number of nitro benzene ring substituents is 1. The van der Waals surface area contributed by atoms with Crippen molar-refractivity contribution in [1.82, 2.24) is 9.55 Å². The zero-order valence-electron chi connectivity index (χ0n) is 11.8. The molecule has 0 aliphatic carbocycles. The van der Waals surface area contributed by atoms with Crippen molar-refractivity contribution in [3.05, 3.63) is 74.8 Å². The minimum atomic E-state index is -4.87. The number of nitrogens with zero attached hydrogens (tertiary/aromatic N) is 3. The molecular weight excluding hydrogens is 327 g/mol. The van der Waals surface area contributed by atoms with Gasteiger partial charge < -0.3 is 0 Å². The first-order valence-corrected chi connectivity index (χ1v) is 6.61. The van der Waals surface area contributed by atoms with Crippen molar-refractivity contribution in [3.63, 3.8) is 0 Å². The minimum Gasteiger partial charge on any atom is -0.268 e. The lowest BCUT2D eigenvalue weighted by molar-refractivity contribution is -0.385. The van der Waals surface area contributed by atoms with E-state index in [0.29, 0.717) is 11.6 Å². The third-order valence-corrected chi connectivity index (χ3v) is 3.42. The van der Waals surface area contributed by atoms with Crippen LogP contribution in [-0.2, 0) is 6.18 Å². The Labute approximate surface area is 131 Å². The fourth-order valence-electron chi connectivity index (χ4n) is 2.32. The fraction of sp³-hybridized carbons (Fsp3) is 0.0667. The second kappa shape index (κ2) is 5.44. The Kier molecular flexibility index (Phi) is 3.55. The van der Waals surface area contributed by atoms with E-state index in [-0.39, 0.29) is 5.39 Å². The molecule has 24 heavy (non-hydrogen) atoms. The van der Waals surface area contributed by atoms with Crippen molar-refractivity contribution in [2.45, 2.75) is 6.18 Å². The molecule has 0 N–H and O–H groups in total. The van der Waals surface area contributed by atoms with Gasteiger partial charge in [0.25, 0.3) is 11.2 Å². The number of alkyl halides is 3. The number of fused-ring (bicyclic) bond motifs is 1. The highest BCUT2D eigenvalue weighted by Crippen LogP contribution is 2.35. The molecule has 1 heterocycles. The molecule has 6 nitrogen and oxygen atoms in total. The molecule has 122 valence electrons. The zero-order chi connectivity index (χ0) is 17.5. The summed E-state index contributed by atoms with van der Waals surface area (Å²) in [4.78, 5) is 26.2. The van der Waals surface area contributed by atoms with Crippen LogP contribution in [0.5, 0.6) is 0 Å². The van der Waals surface area contributed by atoms with E-state index in [1.165, 1.54) is 6.07 Å². The summed E-state index contributed by atoms with van der Waals surface area (Å²) in [7, 11) is 0. The third kappa shape index (κ3) is 2.60. The largest absolute Gasteiger partial charge is 0.418 e. The second-order valence-electron chi connectivity index (χ2n) is 4.89. The van der Waals surface area contributed by atoms with Gasteiger partial charge in [0.2, 0.25) is 0 Å². The van der Waals surface area contributed by atoms with Gasteiger partial charge in [-0.3, -0.25) is 19.5 Å². The predicted molar refractivity (Wildman–Crippen MR) is 79.0 cm³/mol. The molecule has 3 aromatic rings. The maximum Gasteiger partial charge on any atom is 0.418 e. The summed E-state index contributed by atoms with van der Waals surface area (Å²) in [5, 5.41) is 10.9. The third-order valence-electron chi connectivity index (χ3n) is 3.42. The van der Waals surface area contributed by atoms with Crippen molar-refractivity contribution in [2.24, 2.45) is 0 Å². The number of hydrogen-bond acceptors (Lipinski definition) is 4. The number of nitro groups is 1. The summed E-state index contributed by atoms with van der Waals surface area (Å²) in [5.41, 5.74) is -2.87. The highest BCUT2D eigenvalue weighted by Gasteiger charge is 2.36. The van der Waals surface area contributed by atoms with Gasteiger partial charge in [0.05, 0.1) is 27.1 Å². The van der Waals surface area contributed by atoms with Crippen LogP contribution in [0, 0.1) is 10.1 Å². The van der Waals surface area contributed by atoms with Gasteiger partial charge in [-0.05, 0) is 18.2 Å². The second-order valence-corrected chi connectivity index (χ2v) is 4.89. The lowest BCUT2D eigenvalue weighted by Crippen LogP contribution is -2.22. The molecule has 9 heteroatoms. The Morgan fingerprint density at radius 3 is 2.50 bits per heavy atom.